The van der Waals surface area contributed by atoms with Crippen LogP contribution in [0.3, 0.4) is 0 Å². The summed E-state index contributed by atoms with van der Waals surface area (Å²) in [5, 5.41) is 11.3. The molecule has 0 fully saturated rings. The lowest BCUT2D eigenvalue weighted by Gasteiger charge is -2.16. The van der Waals surface area contributed by atoms with E-state index >= 15 is 0 Å². The minimum Gasteiger partial charge on any atom is -0.411 e. The number of nitrogens with one attached hydrogen (secondary N) is 1. The van der Waals surface area contributed by atoms with Gasteiger partial charge in [0.15, 0.2) is 0 Å². The van der Waals surface area contributed by atoms with Crippen LogP contribution in [0.4, 0.5) is 4.39 Å². The van der Waals surface area contributed by atoms with E-state index in [1.807, 2.05) is 13.0 Å². The lowest BCUT2D eigenvalue weighted by Crippen LogP contribution is -2.33. The van der Waals surface area contributed by atoms with Crippen molar-refractivity contribution < 1.29 is 13.6 Å². The summed E-state index contributed by atoms with van der Waals surface area (Å²) < 4.78 is 18.6. The average molecular weight is 406 g/mol. The second-order valence-corrected chi connectivity index (χ2v) is 7.65. The smallest absolute Gasteiger partial charge is 0.277 e. The van der Waals surface area contributed by atoms with E-state index in [-0.39, 0.29) is 17.8 Å². The number of halogens is 2. The first-order chi connectivity index (χ1) is 12.9. The molecule has 0 aliphatic heterocycles. The van der Waals surface area contributed by atoms with Crippen LogP contribution < -0.4 is 5.32 Å². The van der Waals surface area contributed by atoms with Gasteiger partial charge in [-0.3, -0.25) is 4.79 Å². The molecule has 1 amide bonds. The fourth-order valence-electron chi connectivity index (χ4n) is 2.37. The van der Waals surface area contributed by atoms with E-state index in [0.717, 1.165) is 5.56 Å². The van der Waals surface area contributed by atoms with Crippen molar-refractivity contribution in [3.63, 3.8) is 0 Å². The van der Waals surface area contributed by atoms with E-state index in [9.17, 15) is 9.18 Å². The van der Waals surface area contributed by atoms with E-state index in [2.05, 4.69) is 15.5 Å². The van der Waals surface area contributed by atoms with Gasteiger partial charge in [-0.05, 0) is 49.7 Å². The highest BCUT2D eigenvalue weighted by atomic mass is 35.5. The number of aromatic nitrogens is 2. The molecule has 1 N–H and O–H groups in total. The summed E-state index contributed by atoms with van der Waals surface area (Å²) in [4.78, 5) is 12.4. The highest BCUT2D eigenvalue weighted by Crippen LogP contribution is 2.27. The van der Waals surface area contributed by atoms with Crippen molar-refractivity contribution in [2.75, 3.05) is 0 Å². The first-order valence-corrected chi connectivity index (χ1v) is 9.50. The molecular weight excluding hydrogens is 389 g/mol. The van der Waals surface area contributed by atoms with Crippen LogP contribution in [-0.2, 0) is 4.79 Å². The van der Waals surface area contributed by atoms with Crippen molar-refractivity contribution in [3.05, 3.63) is 64.9 Å². The Labute approximate surface area is 165 Å². The Bertz CT molecular complexity index is 933. The van der Waals surface area contributed by atoms with Gasteiger partial charge < -0.3 is 9.73 Å². The first kappa shape index (κ1) is 19.4. The second kappa shape index (κ2) is 8.54. The molecule has 3 rings (SSSR count). The summed E-state index contributed by atoms with van der Waals surface area (Å²) in [7, 11) is 0. The number of amides is 1. The molecule has 2 aromatic carbocycles. The van der Waals surface area contributed by atoms with Crippen LogP contribution in [0.5, 0.6) is 0 Å². The molecule has 5 nitrogen and oxygen atoms in total. The number of hydrogen-bond donors (Lipinski definition) is 1. The number of thioether (sulfide) groups is 1. The monoisotopic (exact) mass is 405 g/mol. The quantitative estimate of drug-likeness (QED) is 0.591. The maximum Gasteiger partial charge on any atom is 0.277 e. The second-order valence-electron chi connectivity index (χ2n) is 5.93. The molecule has 0 spiro atoms. The largest absolute Gasteiger partial charge is 0.411 e. The van der Waals surface area contributed by atoms with Crippen molar-refractivity contribution in [1.29, 1.82) is 0 Å². The van der Waals surface area contributed by atoms with Gasteiger partial charge >= 0.3 is 0 Å². The van der Waals surface area contributed by atoms with Crippen molar-refractivity contribution in [2.45, 2.75) is 30.4 Å². The molecule has 1 aromatic heterocycles. The Kier molecular flexibility index (Phi) is 6.13. The van der Waals surface area contributed by atoms with Gasteiger partial charge in [0.05, 0.1) is 11.3 Å². The van der Waals surface area contributed by atoms with E-state index in [1.165, 1.54) is 23.9 Å². The van der Waals surface area contributed by atoms with Crippen LogP contribution in [0.1, 0.15) is 25.5 Å². The van der Waals surface area contributed by atoms with Gasteiger partial charge in [0.2, 0.25) is 11.8 Å². The minimum atomic E-state index is -0.444. The molecule has 140 valence electrons. The van der Waals surface area contributed by atoms with Crippen LogP contribution in [0.15, 0.2) is 58.2 Å². The van der Waals surface area contributed by atoms with Crippen LogP contribution in [0, 0.1) is 5.82 Å². The summed E-state index contributed by atoms with van der Waals surface area (Å²) in [5.74, 6) is -0.153. The SMILES string of the molecule is C[C@H](NC(=O)[C@@H](C)Sc1nnc(-c2cccc(Cl)c2)o1)c1ccc(F)cc1. The normalized spacial score (nSPS) is 13.2. The van der Waals surface area contributed by atoms with Gasteiger partial charge in [0.1, 0.15) is 5.82 Å². The number of carbonyl (C=O) groups excluding carboxylic acids is 1. The standard InChI is InChI=1S/C19H17ClFN3O2S/c1-11(13-6-8-16(21)9-7-13)22-17(25)12(2)27-19-24-23-18(26-19)14-4-3-5-15(20)10-14/h3-12H,1-2H3,(H,22,25)/t11-,12+/m0/s1. The lowest BCUT2D eigenvalue weighted by molar-refractivity contribution is -0.120. The number of benzene rings is 2. The number of carbonyl (C=O) groups is 1. The zero-order valence-corrected chi connectivity index (χ0v) is 16.2. The van der Waals surface area contributed by atoms with Crippen molar-refractivity contribution in [1.82, 2.24) is 15.5 Å². The number of rotatable bonds is 6. The van der Waals surface area contributed by atoms with Gasteiger partial charge in [-0.15, -0.1) is 10.2 Å². The van der Waals surface area contributed by atoms with Crippen LogP contribution in [0.2, 0.25) is 5.02 Å². The molecule has 1 heterocycles. The average Bonchev–Trinajstić information content (AvgIpc) is 3.10. The molecule has 2 atom stereocenters. The Morgan fingerprint density at radius 1 is 1.19 bits per heavy atom. The predicted molar refractivity (Wildman–Crippen MR) is 103 cm³/mol. The maximum atomic E-state index is 13.0. The van der Waals surface area contributed by atoms with E-state index in [1.54, 1.807) is 37.3 Å². The third-order valence-corrected chi connectivity index (χ3v) is 5.02. The third kappa shape index (κ3) is 5.08. The number of nitrogens with zero attached hydrogens (tertiary/aromatic N) is 2. The third-order valence-electron chi connectivity index (χ3n) is 3.85. The molecule has 0 unspecified atom stereocenters. The first-order valence-electron chi connectivity index (χ1n) is 8.24. The molecule has 8 heteroatoms. The fraction of sp³-hybridized carbons (Fsp3) is 0.211. The van der Waals surface area contributed by atoms with E-state index < -0.39 is 5.25 Å². The predicted octanol–water partition coefficient (Wildman–Crippen LogP) is 4.89. The van der Waals surface area contributed by atoms with Gasteiger partial charge in [-0.1, -0.05) is 41.6 Å². The highest BCUT2D eigenvalue weighted by molar-refractivity contribution is 8.00. The molecule has 0 radical (unpaired) electrons. The van der Waals surface area contributed by atoms with Gasteiger partial charge in [-0.2, -0.15) is 0 Å². The molecule has 0 bridgehead atoms. The highest BCUT2D eigenvalue weighted by Gasteiger charge is 2.20. The van der Waals surface area contributed by atoms with Crippen molar-refractivity contribution in [2.24, 2.45) is 0 Å². The molecule has 0 aliphatic rings. The van der Waals surface area contributed by atoms with Crippen LogP contribution in [0.25, 0.3) is 11.5 Å². The zero-order chi connectivity index (χ0) is 19.4. The Balaban J connectivity index is 1.60. The molecule has 0 aliphatic carbocycles. The zero-order valence-electron chi connectivity index (χ0n) is 14.6. The molecule has 3 aromatic rings. The van der Waals surface area contributed by atoms with Gasteiger partial charge in [0, 0.05) is 10.6 Å². The van der Waals surface area contributed by atoms with E-state index in [0.29, 0.717) is 21.7 Å². The Morgan fingerprint density at radius 3 is 2.63 bits per heavy atom. The fourth-order valence-corrected chi connectivity index (χ4v) is 3.25. The summed E-state index contributed by atoms with van der Waals surface area (Å²) in [6.45, 7) is 3.59. The summed E-state index contributed by atoms with van der Waals surface area (Å²) in [6.07, 6.45) is 0. The maximum absolute atomic E-state index is 13.0. The van der Waals surface area contributed by atoms with Gasteiger partial charge in [-0.25, -0.2) is 4.39 Å². The lowest BCUT2D eigenvalue weighted by atomic mass is 10.1. The molecule has 0 saturated heterocycles. The van der Waals surface area contributed by atoms with Crippen LogP contribution >= 0.6 is 23.4 Å². The summed E-state index contributed by atoms with van der Waals surface area (Å²) in [5.41, 5.74) is 1.53. The molecular formula is C19H17ClFN3O2S. The van der Waals surface area contributed by atoms with E-state index in [4.69, 9.17) is 16.0 Å². The van der Waals surface area contributed by atoms with Crippen molar-refractivity contribution in [3.8, 4) is 11.5 Å². The molecule has 0 saturated carbocycles. The number of hydrogen-bond acceptors (Lipinski definition) is 5. The molecule has 27 heavy (non-hydrogen) atoms. The van der Waals surface area contributed by atoms with Crippen molar-refractivity contribution >= 4 is 29.3 Å². The van der Waals surface area contributed by atoms with Gasteiger partial charge in [0.25, 0.3) is 5.22 Å². The Hall–Kier alpha value is -2.38. The van der Waals surface area contributed by atoms with Crippen LogP contribution in [-0.4, -0.2) is 21.4 Å². The summed E-state index contributed by atoms with van der Waals surface area (Å²) in [6, 6.07) is 12.9. The minimum absolute atomic E-state index is 0.181. The summed E-state index contributed by atoms with van der Waals surface area (Å²) >= 11 is 7.13. The topological polar surface area (TPSA) is 68.0 Å². The Morgan fingerprint density at radius 2 is 1.93 bits per heavy atom.